The van der Waals surface area contributed by atoms with E-state index in [9.17, 15) is 19.5 Å². The third-order valence-corrected chi connectivity index (χ3v) is 4.57. The molecule has 0 saturated carbocycles. The molecule has 154 valence electrons. The van der Waals surface area contributed by atoms with Crippen molar-refractivity contribution in [1.29, 1.82) is 0 Å². The van der Waals surface area contributed by atoms with E-state index >= 15 is 0 Å². The van der Waals surface area contributed by atoms with Gasteiger partial charge in [0.2, 0.25) is 0 Å². The summed E-state index contributed by atoms with van der Waals surface area (Å²) in [6.07, 6.45) is -2.01. The summed E-state index contributed by atoms with van der Waals surface area (Å²) in [7, 11) is 0. The summed E-state index contributed by atoms with van der Waals surface area (Å²) < 4.78 is 5.04. The van der Waals surface area contributed by atoms with Crippen LogP contribution >= 0.6 is 0 Å². The van der Waals surface area contributed by atoms with Crippen molar-refractivity contribution in [3.8, 4) is 11.4 Å². The van der Waals surface area contributed by atoms with Crippen molar-refractivity contribution >= 4 is 29.2 Å². The summed E-state index contributed by atoms with van der Waals surface area (Å²) >= 11 is 0. The summed E-state index contributed by atoms with van der Waals surface area (Å²) in [4.78, 5) is 36.5. The minimum absolute atomic E-state index is 0.109. The first kappa shape index (κ1) is 20.7. The van der Waals surface area contributed by atoms with E-state index in [1.807, 2.05) is 12.1 Å². The van der Waals surface area contributed by atoms with Gasteiger partial charge in [0.05, 0.1) is 0 Å². The Hall–Kier alpha value is -4.01. The lowest BCUT2D eigenvalue weighted by atomic mass is 9.86. The number of benzene rings is 2. The highest BCUT2D eigenvalue weighted by atomic mass is 16.6. The van der Waals surface area contributed by atoms with Gasteiger partial charge < -0.3 is 20.4 Å². The van der Waals surface area contributed by atoms with Crippen molar-refractivity contribution in [1.82, 2.24) is 15.0 Å². The van der Waals surface area contributed by atoms with E-state index in [-0.39, 0.29) is 23.4 Å². The molecule has 3 rings (SSSR count). The maximum atomic E-state index is 12.6. The number of ketones is 1. The van der Waals surface area contributed by atoms with E-state index in [0.29, 0.717) is 22.9 Å². The second-order valence-electron chi connectivity index (χ2n) is 6.74. The zero-order valence-electron chi connectivity index (χ0n) is 16.2. The van der Waals surface area contributed by atoms with Crippen molar-refractivity contribution in [2.75, 3.05) is 0 Å². The van der Waals surface area contributed by atoms with Crippen LogP contribution in [0.2, 0.25) is 0 Å². The fraction of sp³-hybridized carbons (Fsp3) is 0.190. The predicted octanol–water partition coefficient (Wildman–Crippen LogP) is 2.41. The molecule has 0 aliphatic rings. The van der Waals surface area contributed by atoms with Crippen LogP contribution in [-0.2, 0) is 14.3 Å². The molecule has 1 amide bonds. The molecule has 9 nitrogen and oxygen atoms in total. The van der Waals surface area contributed by atoms with Crippen LogP contribution in [-0.4, -0.2) is 44.4 Å². The van der Waals surface area contributed by atoms with E-state index in [1.54, 1.807) is 12.1 Å². The largest absolute Gasteiger partial charge is 0.506 e. The number of rotatable bonds is 8. The van der Waals surface area contributed by atoms with Crippen molar-refractivity contribution in [2.45, 2.75) is 25.4 Å². The molecule has 0 radical (unpaired) electrons. The molecule has 0 spiro atoms. The SMILES string of the molecule is C=C(C)C(=O)C(OC(N)=O)C(CC=O)c1ccc(O)c(-n2nc3ccccc3n2)c1. The molecule has 2 atom stereocenters. The van der Waals surface area contributed by atoms with Crippen LogP contribution in [0, 0.1) is 0 Å². The lowest BCUT2D eigenvalue weighted by Crippen LogP contribution is -2.36. The van der Waals surface area contributed by atoms with Gasteiger partial charge in [0.15, 0.2) is 11.9 Å². The number of amides is 1. The van der Waals surface area contributed by atoms with E-state index in [2.05, 4.69) is 16.8 Å². The average molecular weight is 408 g/mol. The Morgan fingerprint density at radius 1 is 1.23 bits per heavy atom. The number of aromatic hydroxyl groups is 1. The molecular weight excluding hydrogens is 388 g/mol. The predicted molar refractivity (Wildman–Crippen MR) is 108 cm³/mol. The van der Waals surface area contributed by atoms with Gasteiger partial charge >= 0.3 is 6.09 Å². The summed E-state index contributed by atoms with van der Waals surface area (Å²) in [6.45, 7) is 5.06. The van der Waals surface area contributed by atoms with Gasteiger partial charge in [-0.25, -0.2) is 4.79 Å². The van der Waals surface area contributed by atoms with Gasteiger partial charge in [-0.2, -0.15) is 0 Å². The smallest absolute Gasteiger partial charge is 0.405 e. The van der Waals surface area contributed by atoms with Gasteiger partial charge in [-0.3, -0.25) is 4.79 Å². The average Bonchev–Trinajstić information content (AvgIpc) is 3.14. The number of hydrogen-bond donors (Lipinski definition) is 2. The molecule has 0 fully saturated rings. The molecule has 2 unspecified atom stereocenters. The number of carbonyl (C=O) groups excluding carboxylic acids is 3. The molecule has 9 heteroatoms. The van der Waals surface area contributed by atoms with Gasteiger partial charge in [-0.15, -0.1) is 15.0 Å². The highest BCUT2D eigenvalue weighted by Gasteiger charge is 2.33. The maximum Gasteiger partial charge on any atom is 0.405 e. The minimum Gasteiger partial charge on any atom is -0.506 e. The number of phenolic OH excluding ortho intramolecular Hbond substituents is 1. The number of Topliss-reactive ketones (excluding diaryl/α,β-unsaturated/α-hetero) is 1. The van der Waals surface area contributed by atoms with Gasteiger partial charge in [0.25, 0.3) is 0 Å². The van der Waals surface area contributed by atoms with Gasteiger partial charge in [0.1, 0.15) is 28.8 Å². The highest BCUT2D eigenvalue weighted by Crippen LogP contribution is 2.32. The van der Waals surface area contributed by atoms with Gasteiger partial charge in [0, 0.05) is 12.3 Å². The summed E-state index contributed by atoms with van der Waals surface area (Å²) in [5.41, 5.74) is 7.23. The Kier molecular flexibility index (Phi) is 5.91. The lowest BCUT2D eigenvalue weighted by Gasteiger charge is -2.25. The van der Waals surface area contributed by atoms with Crippen LogP contribution in [0.1, 0.15) is 24.8 Å². The molecule has 30 heavy (non-hydrogen) atoms. The van der Waals surface area contributed by atoms with Crippen molar-refractivity contribution < 1.29 is 24.2 Å². The molecule has 0 saturated heterocycles. The molecule has 1 aromatic heterocycles. The zero-order valence-corrected chi connectivity index (χ0v) is 16.2. The Labute approximate surface area is 171 Å². The van der Waals surface area contributed by atoms with Crippen LogP contribution in [0.25, 0.3) is 16.7 Å². The van der Waals surface area contributed by atoms with E-state index in [4.69, 9.17) is 10.5 Å². The Bertz CT molecular complexity index is 1100. The normalized spacial score (nSPS) is 12.8. The van der Waals surface area contributed by atoms with Crippen LogP contribution in [0.3, 0.4) is 0 Å². The first-order chi connectivity index (χ1) is 14.3. The Balaban J connectivity index is 2.09. The summed E-state index contributed by atoms with van der Waals surface area (Å²) in [5, 5.41) is 19.0. The molecule has 2 aromatic carbocycles. The number of hydrogen-bond acceptors (Lipinski definition) is 7. The molecule has 1 heterocycles. The summed E-state index contributed by atoms with van der Waals surface area (Å²) in [5.74, 6) is -1.51. The summed E-state index contributed by atoms with van der Waals surface area (Å²) in [6, 6.07) is 11.6. The zero-order chi connectivity index (χ0) is 21.8. The van der Waals surface area contributed by atoms with Crippen LogP contribution in [0.5, 0.6) is 5.75 Å². The number of aldehydes is 1. The monoisotopic (exact) mass is 408 g/mol. The number of aromatic nitrogens is 3. The number of phenols is 1. The highest BCUT2D eigenvalue weighted by molar-refractivity contribution is 5.99. The van der Waals surface area contributed by atoms with Gasteiger partial charge in [-0.05, 0) is 42.3 Å². The number of fused-ring (bicyclic) bond motifs is 1. The fourth-order valence-electron chi connectivity index (χ4n) is 3.12. The maximum absolute atomic E-state index is 12.6. The van der Waals surface area contributed by atoms with E-state index in [0.717, 1.165) is 0 Å². The van der Waals surface area contributed by atoms with Crippen LogP contribution in [0.15, 0.2) is 54.6 Å². The first-order valence-electron chi connectivity index (χ1n) is 9.06. The van der Waals surface area contributed by atoms with Crippen LogP contribution in [0.4, 0.5) is 4.79 Å². The number of nitrogens with two attached hydrogens (primary N) is 1. The quantitative estimate of drug-likeness (QED) is 0.431. The van der Waals surface area contributed by atoms with Crippen molar-refractivity contribution in [3.05, 3.63) is 60.2 Å². The number of ether oxygens (including phenoxy) is 1. The third kappa shape index (κ3) is 4.19. The number of carbonyl (C=O) groups is 3. The van der Waals surface area contributed by atoms with E-state index in [1.165, 1.54) is 29.9 Å². The topological polar surface area (TPSA) is 137 Å². The first-order valence-corrected chi connectivity index (χ1v) is 9.06. The molecule has 3 aromatic rings. The Morgan fingerprint density at radius 3 is 2.40 bits per heavy atom. The van der Waals surface area contributed by atoms with Crippen molar-refractivity contribution in [2.24, 2.45) is 5.73 Å². The standard InChI is InChI=1S/C21H20N4O5/c1-12(2)19(28)20(30-21(22)29)14(9-10-26)13-7-8-18(27)17(11-13)25-23-15-5-3-4-6-16(15)24-25/h3-8,10-11,14,20,27H,1,9H2,2H3,(H2,22,29). The van der Waals surface area contributed by atoms with E-state index < -0.39 is 23.9 Å². The molecule has 0 bridgehead atoms. The second kappa shape index (κ2) is 8.56. The fourth-order valence-corrected chi connectivity index (χ4v) is 3.12. The third-order valence-electron chi connectivity index (χ3n) is 4.57. The lowest BCUT2D eigenvalue weighted by molar-refractivity contribution is -0.124. The number of primary amides is 1. The van der Waals surface area contributed by atoms with Gasteiger partial charge in [-0.1, -0.05) is 24.8 Å². The second-order valence-corrected chi connectivity index (χ2v) is 6.74. The van der Waals surface area contributed by atoms with Crippen LogP contribution < -0.4 is 5.73 Å². The molecule has 0 aliphatic carbocycles. The van der Waals surface area contributed by atoms with Crippen molar-refractivity contribution in [3.63, 3.8) is 0 Å². The minimum atomic E-state index is -1.34. The number of nitrogens with zero attached hydrogens (tertiary/aromatic N) is 3. The molecular formula is C21H20N4O5. The Morgan fingerprint density at radius 2 is 1.87 bits per heavy atom. The molecule has 0 aliphatic heterocycles. The molecule has 3 N–H and O–H groups in total.